The maximum atomic E-state index is 13.0. The number of rotatable bonds is 2. The van der Waals surface area contributed by atoms with Crippen LogP contribution in [0.5, 0.6) is 0 Å². The summed E-state index contributed by atoms with van der Waals surface area (Å²) in [6.07, 6.45) is 2.53. The van der Waals surface area contributed by atoms with Crippen LogP contribution in [0.2, 0.25) is 0 Å². The summed E-state index contributed by atoms with van der Waals surface area (Å²) in [6, 6.07) is 7.46. The number of methoxy groups -OCH3 is 1. The van der Waals surface area contributed by atoms with Gasteiger partial charge in [-0.3, -0.25) is 9.48 Å². The van der Waals surface area contributed by atoms with E-state index in [9.17, 15) is 9.59 Å². The minimum Gasteiger partial charge on any atom is -0.464 e. The highest BCUT2D eigenvalue weighted by Crippen LogP contribution is 2.17. The van der Waals surface area contributed by atoms with Crippen molar-refractivity contribution in [2.24, 2.45) is 0 Å². The number of carbonyl (C=O) groups excluding carboxylic acids is 2. The maximum absolute atomic E-state index is 13.0. The van der Waals surface area contributed by atoms with Gasteiger partial charge >= 0.3 is 5.97 Å². The summed E-state index contributed by atoms with van der Waals surface area (Å²) in [5.74, 6) is -0.596. The van der Waals surface area contributed by atoms with Crippen molar-refractivity contribution in [3.8, 4) is 0 Å². The minimum atomic E-state index is -0.473. The van der Waals surface area contributed by atoms with Crippen molar-refractivity contribution in [2.45, 2.75) is 26.4 Å². The fraction of sp³-hybridized carbons (Fsp3) is 0.333. The van der Waals surface area contributed by atoms with Gasteiger partial charge in [-0.05, 0) is 31.5 Å². The second kappa shape index (κ2) is 6.29. The predicted molar refractivity (Wildman–Crippen MR) is 92.9 cm³/mol. The molecule has 3 aromatic heterocycles. The van der Waals surface area contributed by atoms with E-state index >= 15 is 0 Å². The molecule has 1 aliphatic heterocycles. The molecule has 0 radical (unpaired) electrons. The molecule has 0 saturated heterocycles. The second-order valence-electron chi connectivity index (χ2n) is 6.34. The molecule has 0 spiro atoms. The molecule has 1 amide bonds. The van der Waals surface area contributed by atoms with Gasteiger partial charge in [0, 0.05) is 25.0 Å². The molecule has 8 nitrogen and oxygen atoms in total. The monoisotopic (exact) mass is 353 g/mol. The summed E-state index contributed by atoms with van der Waals surface area (Å²) in [6.45, 7) is 3.63. The first kappa shape index (κ1) is 16.3. The van der Waals surface area contributed by atoms with E-state index in [4.69, 9.17) is 4.74 Å². The molecule has 26 heavy (non-hydrogen) atoms. The van der Waals surface area contributed by atoms with Gasteiger partial charge in [0.2, 0.25) is 0 Å². The predicted octanol–water partition coefficient (Wildman–Crippen LogP) is 1.67. The van der Waals surface area contributed by atoms with Crippen LogP contribution in [0.15, 0.2) is 30.5 Å². The van der Waals surface area contributed by atoms with Gasteiger partial charge in [-0.2, -0.15) is 5.10 Å². The van der Waals surface area contributed by atoms with E-state index in [2.05, 4.69) is 10.1 Å². The number of imidazole rings is 1. The number of pyridine rings is 1. The quantitative estimate of drug-likeness (QED) is 0.655. The van der Waals surface area contributed by atoms with E-state index in [-0.39, 0.29) is 11.6 Å². The Morgan fingerprint density at radius 3 is 2.81 bits per heavy atom. The van der Waals surface area contributed by atoms with E-state index in [1.54, 1.807) is 21.8 Å². The fourth-order valence-electron chi connectivity index (χ4n) is 3.25. The number of hydrogen-bond acceptors (Lipinski definition) is 5. The van der Waals surface area contributed by atoms with Crippen molar-refractivity contribution in [3.63, 3.8) is 0 Å². The van der Waals surface area contributed by atoms with E-state index in [0.29, 0.717) is 25.3 Å². The van der Waals surface area contributed by atoms with Crippen molar-refractivity contribution in [1.82, 2.24) is 24.1 Å². The van der Waals surface area contributed by atoms with Gasteiger partial charge in [0.1, 0.15) is 11.3 Å². The molecule has 4 rings (SSSR count). The van der Waals surface area contributed by atoms with Crippen LogP contribution >= 0.6 is 0 Å². The van der Waals surface area contributed by atoms with Gasteiger partial charge in [0.05, 0.1) is 19.3 Å². The smallest absolute Gasteiger partial charge is 0.358 e. The van der Waals surface area contributed by atoms with Gasteiger partial charge in [-0.1, -0.05) is 6.07 Å². The molecule has 0 aliphatic carbocycles. The van der Waals surface area contributed by atoms with Crippen LogP contribution in [0, 0.1) is 6.92 Å². The van der Waals surface area contributed by atoms with Crippen LogP contribution in [0.25, 0.3) is 5.65 Å². The van der Waals surface area contributed by atoms with Crippen molar-refractivity contribution in [3.05, 3.63) is 53.2 Å². The van der Waals surface area contributed by atoms with Gasteiger partial charge in [-0.25, -0.2) is 9.78 Å². The summed E-state index contributed by atoms with van der Waals surface area (Å²) in [7, 11) is 1.33. The summed E-state index contributed by atoms with van der Waals surface area (Å²) in [4.78, 5) is 30.9. The Morgan fingerprint density at radius 2 is 2.04 bits per heavy atom. The number of carbonyl (C=O) groups is 2. The van der Waals surface area contributed by atoms with Crippen LogP contribution in [-0.4, -0.2) is 49.6 Å². The molecular weight excluding hydrogens is 334 g/mol. The van der Waals surface area contributed by atoms with E-state index in [1.165, 1.54) is 7.11 Å². The van der Waals surface area contributed by atoms with E-state index in [1.807, 2.05) is 29.5 Å². The Balaban J connectivity index is 1.62. The lowest BCUT2D eigenvalue weighted by Gasteiger charge is -2.18. The number of fused-ring (bicyclic) bond motifs is 2. The Morgan fingerprint density at radius 1 is 1.19 bits per heavy atom. The van der Waals surface area contributed by atoms with Gasteiger partial charge in [0.25, 0.3) is 5.91 Å². The zero-order valence-electron chi connectivity index (χ0n) is 14.7. The van der Waals surface area contributed by atoms with Crippen molar-refractivity contribution < 1.29 is 14.3 Å². The first-order chi connectivity index (χ1) is 12.6. The summed E-state index contributed by atoms with van der Waals surface area (Å²) < 4.78 is 8.40. The first-order valence-corrected chi connectivity index (χ1v) is 8.46. The molecule has 0 atom stereocenters. The molecule has 0 fully saturated rings. The molecule has 0 bridgehead atoms. The minimum absolute atomic E-state index is 0.123. The van der Waals surface area contributed by atoms with E-state index < -0.39 is 5.97 Å². The fourth-order valence-corrected chi connectivity index (χ4v) is 3.25. The molecule has 0 aromatic carbocycles. The Kier molecular flexibility index (Phi) is 3.95. The van der Waals surface area contributed by atoms with Crippen molar-refractivity contribution in [1.29, 1.82) is 0 Å². The number of amides is 1. The van der Waals surface area contributed by atoms with Crippen LogP contribution in [-0.2, 0) is 17.8 Å². The molecular formula is C18H19N5O3. The normalized spacial score (nSPS) is 14.2. The second-order valence-corrected chi connectivity index (χ2v) is 6.34. The Hall–Kier alpha value is -3.16. The molecule has 0 N–H and O–H groups in total. The zero-order chi connectivity index (χ0) is 18.3. The molecule has 4 heterocycles. The van der Waals surface area contributed by atoms with Crippen LogP contribution in [0.4, 0.5) is 0 Å². The third-order valence-corrected chi connectivity index (χ3v) is 4.61. The topological polar surface area (TPSA) is 81.7 Å². The van der Waals surface area contributed by atoms with Crippen LogP contribution < -0.4 is 0 Å². The molecule has 3 aromatic rings. The number of aryl methyl sites for hydroxylation is 2. The lowest BCUT2D eigenvalue weighted by atomic mass is 10.3. The zero-order valence-corrected chi connectivity index (χ0v) is 14.7. The summed E-state index contributed by atoms with van der Waals surface area (Å²) in [5.41, 5.74) is 3.27. The number of aromatic nitrogens is 4. The van der Waals surface area contributed by atoms with Crippen molar-refractivity contribution in [2.75, 3.05) is 13.7 Å². The molecule has 134 valence electrons. The lowest BCUT2D eigenvalue weighted by molar-refractivity contribution is 0.0593. The largest absolute Gasteiger partial charge is 0.464 e. The standard InChI is InChI=1S/C18H19N5O3/c1-12-5-3-6-16-19-15(11-22(12)16)17(24)21-7-4-8-23-13(10-21)9-14(20-23)18(25)26-2/h3,5-6,9,11H,4,7-8,10H2,1-2H3. The Bertz CT molecular complexity index is 1000. The van der Waals surface area contributed by atoms with Crippen molar-refractivity contribution >= 4 is 17.5 Å². The van der Waals surface area contributed by atoms with Gasteiger partial charge in [-0.15, -0.1) is 0 Å². The lowest BCUT2D eigenvalue weighted by Crippen LogP contribution is -2.31. The SMILES string of the molecule is COC(=O)c1cc2n(n1)CCCN(C(=O)c1cn3c(C)cccc3n1)C2. The summed E-state index contributed by atoms with van der Waals surface area (Å²) in [5, 5.41) is 4.28. The van der Waals surface area contributed by atoms with Crippen LogP contribution in [0.1, 0.15) is 38.8 Å². The highest BCUT2D eigenvalue weighted by molar-refractivity contribution is 5.93. The number of nitrogens with zero attached hydrogens (tertiary/aromatic N) is 5. The average molecular weight is 353 g/mol. The number of hydrogen-bond donors (Lipinski definition) is 0. The molecule has 8 heteroatoms. The third-order valence-electron chi connectivity index (χ3n) is 4.61. The third kappa shape index (κ3) is 2.73. The highest BCUT2D eigenvalue weighted by atomic mass is 16.5. The van der Waals surface area contributed by atoms with E-state index in [0.717, 1.165) is 23.5 Å². The van der Waals surface area contributed by atoms with Gasteiger partial charge < -0.3 is 14.0 Å². The molecule has 1 aliphatic rings. The average Bonchev–Trinajstić information content (AvgIpc) is 3.20. The molecule has 0 saturated carbocycles. The first-order valence-electron chi connectivity index (χ1n) is 8.46. The Labute approximate surface area is 150 Å². The summed E-state index contributed by atoms with van der Waals surface area (Å²) >= 11 is 0. The molecule has 0 unspecified atom stereocenters. The highest BCUT2D eigenvalue weighted by Gasteiger charge is 2.25. The number of esters is 1. The number of ether oxygens (including phenoxy) is 1. The maximum Gasteiger partial charge on any atom is 0.358 e. The van der Waals surface area contributed by atoms with Crippen LogP contribution in [0.3, 0.4) is 0 Å². The van der Waals surface area contributed by atoms with Gasteiger partial charge in [0.15, 0.2) is 5.69 Å².